The van der Waals surface area contributed by atoms with E-state index in [1.54, 1.807) is 0 Å². The van der Waals surface area contributed by atoms with Gasteiger partial charge >= 0.3 is 0 Å². The van der Waals surface area contributed by atoms with Gasteiger partial charge in [-0.3, -0.25) is 0 Å². The van der Waals surface area contributed by atoms with Gasteiger partial charge in [-0.25, -0.2) is 0 Å². The topological polar surface area (TPSA) is 16.2 Å². The van der Waals surface area contributed by atoms with Crippen molar-refractivity contribution < 1.29 is 0 Å². The predicted octanol–water partition coefficient (Wildman–Crippen LogP) is 13.3. The van der Waals surface area contributed by atoms with Gasteiger partial charge in [0.05, 0.1) is 5.69 Å². The smallest absolute Gasteiger partial charge is 0.252 e. The molecular formula is C66H45B2N5. The van der Waals surface area contributed by atoms with Crippen LogP contribution in [0.3, 0.4) is 0 Å². The van der Waals surface area contributed by atoms with Crippen LogP contribution in [0, 0.1) is 0 Å². The van der Waals surface area contributed by atoms with Gasteiger partial charge in [-0.2, -0.15) is 0 Å². The van der Waals surface area contributed by atoms with Gasteiger partial charge in [0.1, 0.15) is 0 Å². The summed E-state index contributed by atoms with van der Waals surface area (Å²) >= 11 is 0. The minimum absolute atomic E-state index is 0.0533. The van der Waals surface area contributed by atoms with Gasteiger partial charge in [-0.05, 0) is 154 Å². The highest BCUT2D eigenvalue weighted by Crippen LogP contribution is 2.50. The van der Waals surface area contributed by atoms with Crippen LogP contribution in [0.5, 0.6) is 0 Å². The standard InChI is InChI=1S/C66H45B2N5/c1-7-24-46(25-8-1)69(47-26-9-2-10-27-47)52-42-63-66-64(43-52)73(51-34-17-6-18-35-51)62-45-55-61(44-56(62)68(66)54-37-20-22-39-58(54)71(63)49-30-13-4-14-31-49)72(50-32-15-5-16-33-50)60-41-23-40-59-65(60)67(55)53-36-19-21-38-57(53)70(59)48-28-11-3-12-29-48/h1-45H. The summed E-state index contributed by atoms with van der Waals surface area (Å²) in [4.78, 5) is 12.5. The van der Waals surface area contributed by atoms with Gasteiger partial charge in [-0.15, -0.1) is 0 Å². The summed E-state index contributed by atoms with van der Waals surface area (Å²) in [5.74, 6) is 0. The Balaban J connectivity index is 1.06. The van der Waals surface area contributed by atoms with Crippen molar-refractivity contribution in [3.05, 3.63) is 273 Å². The quantitative estimate of drug-likeness (QED) is 0.148. The number of hydrogen-bond acceptors (Lipinski definition) is 5. The first-order valence-corrected chi connectivity index (χ1v) is 25.3. The minimum Gasteiger partial charge on any atom is -0.311 e. The van der Waals surface area contributed by atoms with Crippen molar-refractivity contribution in [1.29, 1.82) is 0 Å². The van der Waals surface area contributed by atoms with Crippen LogP contribution in [0.2, 0.25) is 0 Å². The van der Waals surface area contributed by atoms with Gasteiger partial charge in [0, 0.05) is 79.6 Å². The van der Waals surface area contributed by atoms with Crippen molar-refractivity contribution >= 4 is 132 Å². The van der Waals surface area contributed by atoms with E-state index in [2.05, 4.69) is 297 Å². The van der Waals surface area contributed by atoms with Crippen molar-refractivity contribution in [2.75, 3.05) is 24.5 Å². The van der Waals surface area contributed by atoms with Crippen molar-refractivity contribution in [1.82, 2.24) is 0 Å². The lowest BCUT2D eigenvalue weighted by Gasteiger charge is -2.47. The van der Waals surface area contributed by atoms with Crippen LogP contribution in [0.1, 0.15) is 0 Å². The molecule has 4 aliphatic heterocycles. The molecule has 11 aromatic carbocycles. The highest BCUT2D eigenvalue weighted by atomic mass is 15.2. The first kappa shape index (κ1) is 41.3. The monoisotopic (exact) mass is 929 g/mol. The third-order valence-electron chi connectivity index (χ3n) is 15.3. The molecule has 340 valence electrons. The first-order chi connectivity index (χ1) is 36.3. The van der Waals surface area contributed by atoms with Gasteiger partial charge in [0.25, 0.3) is 13.4 Å². The summed E-state index contributed by atoms with van der Waals surface area (Å²) in [7, 11) is 0. The number of hydrogen-bond donors (Lipinski definition) is 0. The Morgan fingerprint density at radius 2 is 0.521 bits per heavy atom. The number of benzene rings is 11. The molecule has 73 heavy (non-hydrogen) atoms. The maximum absolute atomic E-state index is 2.57. The Morgan fingerprint density at radius 3 is 0.932 bits per heavy atom. The fourth-order valence-corrected chi connectivity index (χ4v) is 12.5. The highest BCUT2D eigenvalue weighted by Gasteiger charge is 2.48. The maximum Gasteiger partial charge on any atom is 0.252 e. The minimum atomic E-state index is -0.102. The van der Waals surface area contributed by atoms with E-state index in [4.69, 9.17) is 0 Å². The summed E-state index contributed by atoms with van der Waals surface area (Å²) < 4.78 is 0. The number of anilines is 15. The third kappa shape index (κ3) is 6.32. The number of para-hydroxylation sites is 8. The summed E-state index contributed by atoms with van der Waals surface area (Å²) in [5, 5.41) is 0. The van der Waals surface area contributed by atoms with E-state index >= 15 is 0 Å². The molecule has 0 spiro atoms. The van der Waals surface area contributed by atoms with Crippen molar-refractivity contribution in [3.63, 3.8) is 0 Å². The first-order valence-electron chi connectivity index (χ1n) is 25.3. The molecule has 11 aromatic rings. The molecule has 0 aliphatic carbocycles. The summed E-state index contributed by atoms with van der Waals surface area (Å²) in [6.07, 6.45) is 0. The molecule has 7 heteroatoms. The summed E-state index contributed by atoms with van der Waals surface area (Å²) in [6, 6.07) is 100. The highest BCUT2D eigenvalue weighted by molar-refractivity contribution is 7.02. The van der Waals surface area contributed by atoms with Crippen LogP contribution in [-0.2, 0) is 0 Å². The Labute approximate surface area is 426 Å². The molecule has 15 rings (SSSR count). The Kier molecular flexibility index (Phi) is 9.39. The number of nitrogens with zero attached hydrogens (tertiary/aromatic N) is 5. The van der Waals surface area contributed by atoms with E-state index in [9.17, 15) is 0 Å². The number of fused-ring (bicyclic) bond motifs is 8. The molecule has 0 amide bonds. The molecule has 4 aliphatic rings. The van der Waals surface area contributed by atoms with E-state index in [1.807, 2.05) is 0 Å². The second-order valence-corrected chi connectivity index (χ2v) is 19.3. The van der Waals surface area contributed by atoms with E-state index in [1.165, 1.54) is 66.9 Å². The molecule has 0 bridgehead atoms. The molecule has 0 saturated carbocycles. The Bertz CT molecular complexity index is 3860. The summed E-state index contributed by atoms with van der Waals surface area (Å²) in [5.41, 5.74) is 24.9. The van der Waals surface area contributed by atoms with Crippen molar-refractivity contribution in [3.8, 4) is 0 Å². The molecule has 0 N–H and O–H groups in total. The van der Waals surface area contributed by atoms with Gasteiger partial charge in [0.2, 0.25) is 0 Å². The lowest BCUT2D eigenvalue weighted by Crippen LogP contribution is -2.64. The zero-order valence-electron chi connectivity index (χ0n) is 39.9. The largest absolute Gasteiger partial charge is 0.311 e. The van der Waals surface area contributed by atoms with E-state index < -0.39 is 0 Å². The van der Waals surface area contributed by atoms with E-state index in [0.717, 1.165) is 51.2 Å². The lowest BCUT2D eigenvalue weighted by molar-refractivity contribution is 1.22. The average molecular weight is 930 g/mol. The van der Waals surface area contributed by atoms with Crippen LogP contribution >= 0.6 is 0 Å². The van der Waals surface area contributed by atoms with Crippen LogP contribution < -0.4 is 57.3 Å². The lowest BCUT2D eigenvalue weighted by atomic mass is 9.31. The molecule has 0 aromatic heterocycles. The third-order valence-corrected chi connectivity index (χ3v) is 15.3. The van der Waals surface area contributed by atoms with E-state index in [0.29, 0.717) is 0 Å². The molecule has 0 unspecified atom stereocenters. The Morgan fingerprint density at radius 1 is 0.219 bits per heavy atom. The molecule has 4 heterocycles. The number of rotatable bonds is 7. The molecule has 0 atom stereocenters. The van der Waals surface area contributed by atoms with Crippen molar-refractivity contribution in [2.24, 2.45) is 0 Å². The molecule has 0 radical (unpaired) electrons. The molecule has 5 nitrogen and oxygen atoms in total. The molecular weight excluding hydrogens is 884 g/mol. The SMILES string of the molecule is c1ccc(N(c2ccccc2)c2cc3c4c(c2)N(c2ccccc2)c2cc5c(cc2B4c2ccccc2N3c2ccccc2)N(c2ccccc2)c2cccc3c2B5c2ccccc2N3c2ccccc2)cc1. The summed E-state index contributed by atoms with van der Waals surface area (Å²) in [6.45, 7) is -0.155. The Hall–Kier alpha value is -9.45. The predicted molar refractivity (Wildman–Crippen MR) is 309 cm³/mol. The van der Waals surface area contributed by atoms with Gasteiger partial charge < -0.3 is 24.5 Å². The maximum atomic E-state index is 2.57. The zero-order valence-corrected chi connectivity index (χ0v) is 39.9. The van der Waals surface area contributed by atoms with Crippen LogP contribution in [0.4, 0.5) is 85.3 Å². The average Bonchev–Trinajstić information content (AvgIpc) is 3.46. The van der Waals surface area contributed by atoms with Crippen LogP contribution in [0.15, 0.2) is 273 Å². The fourth-order valence-electron chi connectivity index (χ4n) is 12.5. The van der Waals surface area contributed by atoms with Crippen LogP contribution in [-0.4, -0.2) is 13.4 Å². The fraction of sp³-hybridized carbons (Fsp3) is 0. The van der Waals surface area contributed by atoms with Gasteiger partial charge in [0.15, 0.2) is 0 Å². The van der Waals surface area contributed by atoms with E-state index in [-0.39, 0.29) is 13.4 Å². The van der Waals surface area contributed by atoms with Gasteiger partial charge in [-0.1, -0.05) is 152 Å². The second kappa shape index (κ2) is 16.6. The van der Waals surface area contributed by atoms with Crippen LogP contribution in [0.25, 0.3) is 0 Å². The molecule has 0 saturated heterocycles. The molecule has 0 fully saturated rings. The zero-order chi connectivity index (χ0) is 48.0. The second-order valence-electron chi connectivity index (χ2n) is 19.3. The van der Waals surface area contributed by atoms with Crippen molar-refractivity contribution in [2.45, 2.75) is 0 Å². The normalized spacial score (nSPS) is 13.3.